The van der Waals surface area contributed by atoms with Crippen LogP contribution in [0.15, 0.2) is 41.8 Å². The molecule has 0 radical (unpaired) electrons. The summed E-state index contributed by atoms with van der Waals surface area (Å²) in [6.45, 7) is 0. The molecule has 0 saturated carbocycles. The van der Waals surface area contributed by atoms with E-state index in [-0.39, 0.29) is 0 Å². The van der Waals surface area contributed by atoms with Gasteiger partial charge in [0.1, 0.15) is 0 Å². The number of fused-ring (bicyclic) bond motifs is 1. The van der Waals surface area contributed by atoms with Gasteiger partial charge in [-0.25, -0.2) is 0 Å². The standard InChI is InChI=1S/C12H8ClNS/c13-9-3-4-10-8(6-9)7-11(14-10)12-2-1-5-15-12/h1-7,14H. The number of benzene rings is 1. The maximum atomic E-state index is 5.94. The number of aromatic nitrogens is 1. The van der Waals surface area contributed by atoms with Crippen molar-refractivity contribution in [2.45, 2.75) is 0 Å². The van der Waals surface area contributed by atoms with Gasteiger partial charge in [0.25, 0.3) is 0 Å². The van der Waals surface area contributed by atoms with Crippen LogP contribution < -0.4 is 0 Å². The molecular formula is C12H8ClNS. The molecule has 0 aliphatic rings. The molecule has 0 atom stereocenters. The highest BCUT2D eigenvalue weighted by Crippen LogP contribution is 2.28. The molecule has 1 nitrogen and oxygen atoms in total. The lowest BCUT2D eigenvalue weighted by Crippen LogP contribution is -1.69. The smallest absolute Gasteiger partial charge is 0.0566 e. The SMILES string of the molecule is Clc1ccc2[nH]c(-c3cccs3)cc2c1. The normalized spacial score (nSPS) is 11.0. The second-order valence-electron chi connectivity index (χ2n) is 3.39. The van der Waals surface area contributed by atoms with Crippen molar-refractivity contribution < 1.29 is 0 Å². The second kappa shape index (κ2) is 3.40. The van der Waals surface area contributed by atoms with Crippen LogP contribution in [0.3, 0.4) is 0 Å². The number of hydrogen-bond acceptors (Lipinski definition) is 1. The van der Waals surface area contributed by atoms with E-state index in [0.29, 0.717) is 0 Å². The van der Waals surface area contributed by atoms with Crippen molar-refractivity contribution in [3.8, 4) is 10.6 Å². The number of H-pyrrole nitrogens is 1. The molecule has 1 N–H and O–H groups in total. The first kappa shape index (κ1) is 9.01. The first-order valence-electron chi connectivity index (χ1n) is 4.65. The van der Waals surface area contributed by atoms with Gasteiger partial charge < -0.3 is 4.98 Å². The maximum Gasteiger partial charge on any atom is 0.0566 e. The Morgan fingerprint density at radius 2 is 2.07 bits per heavy atom. The van der Waals surface area contributed by atoms with E-state index in [9.17, 15) is 0 Å². The largest absolute Gasteiger partial charge is 0.354 e. The Morgan fingerprint density at radius 1 is 1.13 bits per heavy atom. The van der Waals surface area contributed by atoms with E-state index < -0.39 is 0 Å². The lowest BCUT2D eigenvalue weighted by molar-refractivity contribution is 1.48. The van der Waals surface area contributed by atoms with Crippen molar-refractivity contribution >= 4 is 33.8 Å². The quantitative estimate of drug-likeness (QED) is 0.635. The zero-order valence-corrected chi connectivity index (χ0v) is 9.40. The highest BCUT2D eigenvalue weighted by atomic mass is 35.5. The van der Waals surface area contributed by atoms with Gasteiger partial charge in [-0.3, -0.25) is 0 Å². The Morgan fingerprint density at radius 3 is 2.87 bits per heavy atom. The number of halogens is 1. The van der Waals surface area contributed by atoms with Gasteiger partial charge in [-0.1, -0.05) is 17.7 Å². The Balaban J connectivity index is 2.22. The van der Waals surface area contributed by atoms with Crippen LogP contribution in [-0.2, 0) is 0 Å². The number of hydrogen-bond donors (Lipinski definition) is 1. The summed E-state index contributed by atoms with van der Waals surface area (Å²) in [6, 6.07) is 12.2. The molecule has 0 aliphatic heterocycles. The maximum absolute atomic E-state index is 5.94. The molecule has 0 unspecified atom stereocenters. The van der Waals surface area contributed by atoms with Gasteiger partial charge in [0, 0.05) is 15.9 Å². The fourth-order valence-corrected chi connectivity index (χ4v) is 2.55. The van der Waals surface area contributed by atoms with Crippen LogP contribution in [0.25, 0.3) is 21.5 Å². The van der Waals surface area contributed by atoms with E-state index in [1.54, 1.807) is 11.3 Å². The van der Waals surface area contributed by atoms with Crippen LogP contribution >= 0.6 is 22.9 Å². The number of nitrogens with one attached hydrogen (secondary N) is 1. The number of aromatic amines is 1. The molecule has 0 spiro atoms. The van der Waals surface area contributed by atoms with E-state index >= 15 is 0 Å². The monoisotopic (exact) mass is 233 g/mol. The molecule has 3 aromatic rings. The highest BCUT2D eigenvalue weighted by molar-refractivity contribution is 7.13. The van der Waals surface area contributed by atoms with Crippen LogP contribution in [0.4, 0.5) is 0 Å². The molecule has 2 aromatic heterocycles. The minimum absolute atomic E-state index is 0.777. The van der Waals surface area contributed by atoms with E-state index in [0.717, 1.165) is 21.6 Å². The van der Waals surface area contributed by atoms with Crippen molar-refractivity contribution in [3.05, 3.63) is 46.8 Å². The molecule has 0 fully saturated rings. The van der Waals surface area contributed by atoms with Gasteiger partial charge in [0.05, 0.1) is 10.6 Å². The predicted molar refractivity (Wildman–Crippen MR) is 66.6 cm³/mol. The molecule has 1 aromatic carbocycles. The molecule has 0 bridgehead atoms. The van der Waals surface area contributed by atoms with Crippen molar-refractivity contribution in [1.29, 1.82) is 0 Å². The van der Waals surface area contributed by atoms with Gasteiger partial charge in [-0.2, -0.15) is 0 Å². The number of rotatable bonds is 1. The Labute approximate surface area is 96.3 Å². The number of thiophene rings is 1. The zero-order chi connectivity index (χ0) is 10.3. The van der Waals surface area contributed by atoms with E-state index in [4.69, 9.17) is 11.6 Å². The minimum atomic E-state index is 0.777. The van der Waals surface area contributed by atoms with Crippen molar-refractivity contribution in [1.82, 2.24) is 4.98 Å². The van der Waals surface area contributed by atoms with Gasteiger partial charge in [0.2, 0.25) is 0 Å². The lowest BCUT2D eigenvalue weighted by Gasteiger charge is -1.89. The van der Waals surface area contributed by atoms with Gasteiger partial charge >= 0.3 is 0 Å². The first-order valence-corrected chi connectivity index (χ1v) is 5.91. The third kappa shape index (κ3) is 1.56. The summed E-state index contributed by atoms with van der Waals surface area (Å²) in [5.41, 5.74) is 2.28. The van der Waals surface area contributed by atoms with Crippen LogP contribution in [0.5, 0.6) is 0 Å². The zero-order valence-electron chi connectivity index (χ0n) is 7.83. The van der Waals surface area contributed by atoms with Crippen LogP contribution in [0.1, 0.15) is 0 Å². The summed E-state index contributed by atoms with van der Waals surface area (Å²) < 4.78 is 0. The fraction of sp³-hybridized carbons (Fsp3) is 0. The summed E-state index contributed by atoms with van der Waals surface area (Å²) in [7, 11) is 0. The molecule has 2 heterocycles. The van der Waals surface area contributed by atoms with E-state index in [2.05, 4.69) is 28.6 Å². The van der Waals surface area contributed by atoms with Gasteiger partial charge in [-0.05, 0) is 35.7 Å². The van der Waals surface area contributed by atoms with Crippen LogP contribution in [0.2, 0.25) is 5.02 Å². The average molecular weight is 234 g/mol. The van der Waals surface area contributed by atoms with Gasteiger partial charge in [0.15, 0.2) is 0 Å². The van der Waals surface area contributed by atoms with Crippen molar-refractivity contribution in [2.75, 3.05) is 0 Å². The van der Waals surface area contributed by atoms with Crippen molar-refractivity contribution in [2.24, 2.45) is 0 Å². The Bertz CT molecular complexity index is 595. The third-order valence-corrected chi connectivity index (χ3v) is 3.51. The summed E-state index contributed by atoms with van der Waals surface area (Å²) in [6.07, 6.45) is 0. The fourth-order valence-electron chi connectivity index (χ4n) is 1.67. The summed E-state index contributed by atoms with van der Waals surface area (Å²) in [4.78, 5) is 4.63. The molecule has 74 valence electrons. The van der Waals surface area contributed by atoms with Crippen molar-refractivity contribution in [3.63, 3.8) is 0 Å². The summed E-state index contributed by atoms with van der Waals surface area (Å²) in [5.74, 6) is 0. The minimum Gasteiger partial charge on any atom is -0.354 e. The molecule has 0 amide bonds. The van der Waals surface area contributed by atoms with E-state index in [1.165, 1.54) is 4.88 Å². The second-order valence-corrected chi connectivity index (χ2v) is 4.78. The Hall–Kier alpha value is -1.25. The molecular weight excluding hydrogens is 226 g/mol. The third-order valence-electron chi connectivity index (χ3n) is 2.37. The molecule has 0 aliphatic carbocycles. The first-order chi connectivity index (χ1) is 7.33. The highest BCUT2D eigenvalue weighted by Gasteiger charge is 2.03. The topological polar surface area (TPSA) is 15.8 Å². The van der Waals surface area contributed by atoms with E-state index in [1.807, 2.05) is 18.2 Å². The molecule has 3 heteroatoms. The predicted octanol–water partition coefficient (Wildman–Crippen LogP) is 4.55. The lowest BCUT2D eigenvalue weighted by atomic mass is 10.2. The molecule has 0 saturated heterocycles. The van der Waals surface area contributed by atoms with Crippen LogP contribution in [0, 0.1) is 0 Å². The Kier molecular flexibility index (Phi) is 2.04. The van der Waals surface area contributed by atoms with Gasteiger partial charge in [-0.15, -0.1) is 11.3 Å². The van der Waals surface area contributed by atoms with Crippen LogP contribution in [-0.4, -0.2) is 4.98 Å². The summed E-state index contributed by atoms with van der Waals surface area (Å²) in [5, 5.41) is 4.01. The molecule has 3 rings (SSSR count). The average Bonchev–Trinajstić information content (AvgIpc) is 2.84. The molecule has 15 heavy (non-hydrogen) atoms. The summed E-state index contributed by atoms with van der Waals surface area (Å²) >= 11 is 7.67.